The summed E-state index contributed by atoms with van der Waals surface area (Å²) < 4.78 is 28.9. The number of hydrogen-bond donors (Lipinski definition) is 2. The van der Waals surface area contributed by atoms with Crippen molar-refractivity contribution in [1.29, 1.82) is 0 Å². The first kappa shape index (κ1) is 13.3. The maximum Gasteiger partial charge on any atom is 0.279 e. The van der Waals surface area contributed by atoms with Gasteiger partial charge in [0.15, 0.2) is 0 Å². The van der Waals surface area contributed by atoms with Crippen molar-refractivity contribution in [2.75, 3.05) is 26.2 Å². The van der Waals surface area contributed by atoms with Crippen LogP contribution in [0.2, 0.25) is 0 Å². The molecule has 0 bridgehead atoms. The van der Waals surface area contributed by atoms with Gasteiger partial charge in [-0.25, -0.2) is 0 Å². The Labute approximate surface area is 104 Å². The fraction of sp³-hybridized carbons (Fsp3) is 1.00. The maximum atomic E-state index is 12.2. The van der Waals surface area contributed by atoms with Gasteiger partial charge in [-0.3, -0.25) is 0 Å². The number of rotatable bonds is 3. The molecular formula is C11H23N3O2S. The van der Waals surface area contributed by atoms with Crippen LogP contribution in [0.25, 0.3) is 0 Å². The highest BCUT2D eigenvalue weighted by atomic mass is 32.2. The first-order valence-corrected chi connectivity index (χ1v) is 7.89. The molecule has 0 amide bonds. The summed E-state index contributed by atoms with van der Waals surface area (Å²) in [6, 6.07) is 0.0625. The molecule has 100 valence electrons. The molecular weight excluding hydrogens is 238 g/mol. The average molecular weight is 261 g/mol. The molecule has 0 saturated carbocycles. The second-order valence-corrected chi connectivity index (χ2v) is 7.28. The van der Waals surface area contributed by atoms with E-state index in [1.807, 2.05) is 0 Å². The predicted octanol–water partition coefficient (Wildman–Crippen LogP) is 0.161. The maximum absolute atomic E-state index is 12.2. The molecule has 3 atom stereocenters. The zero-order valence-electron chi connectivity index (χ0n) is 10.6. The molecule has 0 aromatic rings. The molecule has 2 aliphatic rings. The highest BCUT2D eigenvalue weighted by molar-refractivity contribution is 7.87. The van der Waals surface area contributed by atoms with Crippen molar-refractivity contribution in [2.45, 2.75) is 32.7 Å². The van der Waals surface area contributed by atoms with Gasteiger partial charge in [-0.2, -0.15) is 17.4 Å². The van der Waals surface area contributed by atoms with E-state index in [-0.39, 0.29) is 6.04 Å². The molecule has 2 unspecified atom stereocenters. The van der Waals surface area contributed by atoms with Crippen molar-refractivity contribution >= 4 is 10.2 Å². The van der Waals surface area contributed by atoms with E-state index in [4.69, 9.17) is 0 Å². The van der Waals surface area contributed by atoms with Crippen molar-refractivity contribution < 1.29 is 8.42 Å². The Morgan fingerprint density at radius 3 is 2.41 bits per heavy atom. The van der Waals surface area contributed by atoms with E-state index in [2.05, 4.69) is 23.9 Å². The largest absolute Gasteiger partial charge is 0.315 e. The molecule has 0 aromatic heterocycles. The third kappa shape index (κ3) is 3.40. The Morgan fingerprint density at radius 2 is 1.88 bits per heavy atom. The van der Waals surface area contributed by atoms with Crippen LogP contribution in [-0.2, 0) is 10.2 Å². The molecule has 6 heteroatoms. The average Bonchev–Trinajstić information content (AvgIpc) is 2.68. The SMILES string of the molecule is CC1CC(C)CN(S(=O)(=O)N[C@@H]2CCNC2)C1. The van der Waals surface area contributed by atoms with Crippen molar-refractivity contribution in [1.82, 2.24) is 14.3 Å². The van der Waals surface area contributed by atoms with Crippen LogP contribution in [0.4, 0.5) is 0 Å². The summed E-state index contributed by atoms with van der Waals surface area (Å²) in [5.41, 5.74) is 0. The highest BCUT2D eigenvalue weighted by Gasteiger charge is 2.32. The van der Waals surface area contributed by atoms with E-state index < -0.39 is 10.2 Å². The van der Waals surface area contributed by atoms with Crippen LogP contribution in [-0.4, -0.2) is 44.9 Å². The lowest BCUT2D eigenvalue weighted by Crippen LogP contribution is -2.50. The van der Waals surface area contributed by atoms with E-state index in [0.717, 1.165) is 25.9 Å². The monoisotopic (exact) mass is 261 g/mol. The molecule has 17 heavy (non-hydrogen) atoms. The minimum absolute atomic E-state index is 0.0625. The molecule has 0 radical (unpaired) electrons. The predicted molar refractivity (Wildman–Crippen MR) is 67.8 cm³/mol. The van der Waals surface area contributed by atoms with Gasteiger partial charge in [0.2, 0.25) is 0 Å². The van der Waals surface area contributed by atoms with Crippen molar-refractivity contribution in [3.05, 3.63) is 0 Å². The van der Waals surface area contributed by atoms with Gasteiger partial charge >= 0.3 is 0 Å². The summed E-state index contributed by atoms with van der Waals surface area (Å²) in [5, 5.41) is 3.17. The van der Waals surface area contributed by atoms with Crippen LogP contribution >= 0.6 is 0 Å². The molecule has 2 saturated heterocycles. The smallest absolute Gasteiger partial charge is 0.279 e. The molecule has 2 N–H and O–H groups in total. The van der Waals surface area contributed by atoms with E-state index in [9.17, 15) is 8.42 Å². The van der Waals surface area contributed by atoms with Gasteiger partial charge in [0.05, 0.1) is 0 Å². The van der Waals surface area contributed by atoms with Crippen LogP contribution in [0.5, 0.6) is 0 Å². The van der Waals surface area contributed by atoms with E-state index in [1.165, 1.54) is 0 Å². The fourth-order valence-electron chi connectivity index (χ4n) is 2.84. The molecule has 5 nitrogen and oxygen atoms in total. The Balaban J connectivity index is 1.98. The number of hydrogen-bond acceptors (Lipinski definition) is 3. The molecule has 2 fully saturated rings. The molecule has 0 spiro atoms. The number of nitrogens with zero attached hydrogens (tertiary/aromatic N) is 1. The van der Waals surface area contributed by atoms with Crippen LogP contribution in [0.1, 0.15) is 26.7 Å². The molecule has 2 rings (SSSR count). The van der Waals surface area contributed by atoms with Crippen LogP contribution in [0.3, 0.4) is 0 Å². The van der Waals surface area contributed by atoms with Crippen molar-refractivity contribution in [2.24, 2.45) is 11.8 Å². The summed E-state index contributed by atoms with van der Waals surface area (Å²) in [6.07, 6.45) is 2.01. The normalized spacial score (nSPS) is 36.2. The Bertz CT molecular complexity index is 342. The zero-order chi connectivity index (χ0) is 12.5. The lowest BCUT2D eigenvalue weighted by atomic mass is 9.94. The van der Waals surface area contributed by atoms with E-state index in [1.54, 1.807) is 4.31 Å². The second-order valence-electron chi connectivity index (χ2n) is 5.58. The number of nitrogens with one attached hydrogen (secondary N) is 2. The summed E-state index contributed by atoms with van der Waals surface area (Å²) in [7, 11) is -3.29. The van der Waals surface area contributed by atoms with Gasteiger partial charge < -0.3 is 5.32 Å². The Morgan fingerprint density at radius 1 is 1.24 bits per heavy atom. The van der Waals surface area contributed by atoms with Crippen LogP contribution in [0.15, 0.2) is 0 Å². The minimum Gasteiger partial charge on any atom is -0.315 e. The summed E-state index contributed by atoms with van der Waals surface area (Å²) >= 11 is 0. The van der Waals surface area contributed by atoms with Gasteiger partial charge in [0, 0.05) is 25.7 Å². The first-order valence-electron chi connectivity index (χ1n) is 6.45. The topological polar surface area (TPSA) is 61.4 Å². The van der Waals surface area contributed by atoms with Crippen LogP contribution < -0.4 is 10.0 Å². The summed E-state index contributed by atoms with van der Waals surface area (Å²) in [5.74, 6) is 0.911. The minimum atomic E-state index is -3.29. The molecule has 2 heterocycles. The van der Waals surface area contributed by atoms with Gasteiger partial charge in [0.1, 0.15) is 0 Å². The third-order valence-corrected chi connectivity index (χ3v) is 5.16. The van der Waals surface area contributed by atoms with E-state index in [0.29, 0.717) is 24.9 Å². The molecule has 0 aromatic carbocycles. The third-order valence-electron chi connectivity index (χ3n) is 3.55. The second kappa shape index (κ2) is 5.22. The number of piperidine rings is 1. The van der Waals surface area contributed by atoms with Gasteiger partial charge in [-0.05, 0) is 31.2 Å². The Hall–Kier alpha value is -0.170. The zero-order valence-corrected chi connectivity index (χ0v) is 11.5. The fourth-order valence-corrected chi connectivity index (χ4v) is 4.52. The quantitative estimate of drug-likeness (QED) is 0.761. The van der Waals surface area contributed by atoms with Gasteiger partial charge in [-0.1, -0.05) is 13.8 Å². The molecule has 2 aliphatic heterocycles. The first-order chi connectivity index (χ1) is 7.97. The lowest BCUT2D eigenvalue weighted by Gasteiger charge is -2.34. The summed E-state index contributed by atoms with van der Waals surface area (Å²) in [6.45, 7) is 7.20. The van der Waals surface area contributed by atoms with Gasteiger partial charge in [-0.15, -0.1) is 0 Å². The van der Waals surface area contributed by atoms with Crippen molar-refractivity contribution in [3.63, 3.8) is 0 Å². The Kier molecular flexibility index (Phi) is 4.07. The molecule has 0 aliphatic carbocycles. The summed E-state index contributed by atoms with van der Waals surface area (Å²) in [4.78, 5) is 0. The highest BCUT2D eigenvalue weighted by Crippen LogP contribution is 2.22. The van der Waals surface area contributed by atoms with Crippen LogP contribution in [0, 0.1) is 11.8 Å². The van der Waals surface area contributed by atoms with E-state index >= 15 is 0 Å². The lowest BCUT2D eigenvalue weighted by molar-refractivity contribution is 0.220. The van der Waals surface area contributed by atoms with Crippen molar-refractivity contribution in [3.8, 4) is 0 Å². The standard InChI is InChI=1S/C11H23N3O2S/c1-9-5-10(2)8-14(7-9)17(15,16)13-11-3-4-12-6-11/h9-13H,3-8H2,1-2H3/t9?,10?,11-/m1/s1. The van der Waals surface area contributed by atoms with Gasteiger partial charge in [0.25, 0.3) is 10.2 Å².